The maximum atomic E-state index is 11.9. The van der Waals surface area contributed by atoms with Gasteiger partial charge in [-0.2, -0.15) is 0 Å². The first kappa shape index (κ1) is 23.7. The Labute approximate surface area is 197 Å². The smallest absolute Gasteiger partial charge is 0.339 e. The molecule has 6 nitrogen and oxygen atoms in total. The summed E-state index contributed by atoms with van der Waals surface area (Å²) < 4.78 is 4.84. The van der Waals surface area contributed by atoms with Gasteiger partial charge in [0.15, 0.2) is 5.96 Å². The molecule has 1 atom stereocenters. The number of nitrogens with one attached hydrogen (secondary N) is 1. The molecule has 156 valence electrons. The van der Waals surface area contributed by atoms with E-state index >= 15 is 0 Å². The van der Waals surface area contributed by atoms with Gasteiger partial charge in [-0.1, -0.05) is 29.3 Å². The molecule has 0 amide bonds. The number of benzene rings is 1. The van der Waals surface area contributed by atoms with Gasteiger partial charge in [0.2, 0.25) is 0 Å². The number of methoxy groups -OCH3 is 1. The average Bonchev–Trinajstić information content (AvgIpc) is 3.50. The zero-order valence-corrected chi connectivity index (χ0v) is 20.0. The molecular weight excluding hydrogens is 526 g/mol. The number of nitrogens with zero attached hydrogens (tertiary/aromatic N) is 2. The lowest BCUT2D eigenvalue weighted by atomic mass is 10.1. The van der Waals surface area contributed by atoms with Crippen LogP contribution in [-0.4, -0.2) is 24.0 Å². The molecule has 1 heterocycles. The monoisotopic (exact) mass is 548 g/mol. The fourth-order valence-electron chi connectivity index (χ4n) is 2.92. The van der Waals surface area contributed by atoms with Crippen molar-refractivity contribution in [3.63, 3.8) is 0 Å². The predicted octanol–water partition coefficient (Wildman–Crippen LogP) is 4.84. The molecule has 29 heavy (non-hydrogen) atoms. The molecule has 3 N–H and O–H groups in total. The molecule has 1 fully saturated rings. The number of halogens is 3. The van der Waals surface area contributed by atoms with E-state index in [0.29, 0.717) is 28.1 Å². The fourth-order valence-corrected chi connectivity index (χ4v) is 3.49. The minimum Gasteiger partial charge on any atom is -0.465 e. The van der Waals surface area contributed by atoms with Crippen LogP contribution >= 0.6 is 47.2 Å². The summed E-state index contributed by atoms with van der Waals surface area (Å²) in [5, 5.41) is 4.26. The van der Waals surface area contributed by atoms with Crippen molar-refractivity contribution in [1.29, 1.82) is 0 Å². The van der Waals surface area contributed by atoms with E-state index in [1.165, 1.54) is 7.11 Å². The van der Waals surface area contributed by atoms with E-state index in [0.717, 1.165) is 29.8 Å². The molecule has 1 aromatic carbocycles. The Morgan fingerprint density at radius 1 is 1.34 bits per heavy atom. The van der Waals surface area contributed by atoms with Crippen LogP contribution in [0.2, 0.25) is 10.0 Å². The number of pyridine rings is 1. The van der Waals surface area contributed by atoms with Crippen molar-refractivity contribution in [3.05, 3.63) is 62.9 Å². The first-order chi connectivity index (χ1) is 13.4. The summed E-state index contributed by atoms with van der Waals surface area (Å²) in [6.07, 6.45) is 2.07. The van der Waals surface area contributed by atoms with Gasteiger partial charge in [0.1, 0.15) is 0 Å². The van der Waals surface area contributed by atoms with Crippen molar-refractivity contribution in [2.24, 2.45) is 10.7 Å². The Hall–Kier alpha value is -1.58. The number of aromatic nitrogens is 1. The summed E-state index contributed by atoms with van der Waals surface area (Å²) in [6.45, 7) is 2.24. The van der Waals surface area contributed by atoms with Crippen LogP contribution in [0.15, 0.2) is 35.3 Å². The lowest BCUT2D eigenvalue weighted by molar-refractivity contribution is 0.0598. The zero-order chi connectivity index (χ0) is 20.3. The summed E-state index contributed by atoms with van der Waals surface area (Å²) in [7, 11) is 1.37. The number of hydrogen-bond donors (Lipinski definition) is 2. The third-order valence-corrected chi connectivity index (χ3v) is 5.12. The maximum absolute atomic E-state index is 11.9. The third-order valence-electron chi connectivity index (χ3n) is 4.56. The first-order valence-electron chi connectivity index (χ1n) is 8.98. The minimum atomic E-state index is -0.362. The van der Waals surface area contributed by atoms with Crippen molar-refractivity contribution < 1.29 is 9.53 Å². The molecule has 0 spiro atoms. The van der Waals surface area contributed by atoms with E-state index in [1.54, 1.807) is 24.3 Å². The number of esters is 1. The SMILES string of the molecule is COC(=O)c1ccc(CN=C(N)NC(C)c2ccc(Cl)cc2Cl)nc1C1CC1.I. The van der Waals surface area contributed by atoms with Gasteiger partial charge in [-0.25, -0.2) is 9.79 Å². The van der Waals surface area contributed by atoms with Crippen LogP contribution in [0.3, 0.4) is 0 Å². The Bertz CT molecular complexity index is 919. The summed E-state index contributed by atoms with van der Waals surface area (Å²) >= 11 is 12.2. The lowest BCUT2D eigenvalue weighted by Gasteiger charge is -2.16. The standard InChI is InChI=1S/C20H22Cl2N4O2.HI/c1-11(15-7-5-13(21)9-17(15)22)25-20(23)24-10-14-6-8-16(19(27)28-2)18(26-14)12-3-4-12;/h5-9,11-12H,3-4,10H2,1-2H3,(H3,23,24,25);1H. The second-order valence-corrected chi connectivity index (χ2v) is 7.58. The van der Waals surface area contributed by atoms with Crippen LogP contribution in [0.25, 0.3) is 0 Å². The quantitative estimate of drug-likeness (QED) is 0.233. The number of ether oxygens (including phenoxy) is 1. The molecule has 1 aliphatic rings. The normalized spacial score (nSPS) is 14.7. The minimum absolute atomic E-state index is 0. The highest BCUT2D eigenvalue weighted by Crippen LogP contribution is 2.40. The molecule has 1 unspecified atom stereocenters. The fraction of sp³-hybridized carbons (Fsp3) is 0.350. The molecule has 0 radical (unpaired) electrons. The molecule has 1 aliphatic carbocycles. The Morgan fingerprint density at radius 3 is 2.69 bits per heavy atom. The summed E-state index contributed by atoms with van der Waals surface area (Å²) in [5.74, 6) is 0.241. The van der Waals surface area contributed by atoms with Gasteiger partial charge in [-0.15, -0.1) is 24.0 Å². The number of rotatable bonds is 6. The molecule has 3 rings (SSSR count). The predicted molar refractivity (Wildman–Crippen MR) is 126 cm³/mol. The Kier molecular flexibility index (Phi) is 8.54. The van der Waals surface area contributed by atoms with Crippen LogP contribution in [0.5, 0.6) is 0 Å². The second-order valence-electron chi connectivity index (χ2n) is 6.73. The van der Waals surface area contributed by atoms with Crippen molar-refractivity contribution in [3.8, 4) is 0 Å². The summed E-state index contributed by atoms with van der Waals surface area (Å²) in [5.41, 5.74) is 8.95. The van der Waals surface area contributed by atoms with Crippen LogP contribution in [-0.2, 0) is 11.3 Å². The topological polar surface area (TPSA) is 89.6 Å². The van der Waals surface area contributed by atoms with Crippen LogP contribution < -0.4 is 11.1 Å². The van der Waals surface area contributed by atoms with Gasteiger partial charge in [0.25, 0.3) is 0 Å². The van der Waals surface area contributed by atoms with Gasteiger partial charge in [-0.3, -0.25) is 4.98 Å². The number of guanidine groups is 1. The van der Waals surface area contributed by atoms with Crippen molar-refractivity contribution in [2.45, 2.75) is 38.3 Å². The maximum Gasteiger partial charge on any atom is 0.339 e. The molecule has 1 saturated carbocycles. The highest BCUT2D eigenvalue weighted by Gasteiger charge is 2.30. The summed E-state index contributed by atoms with van der Waals surface area (Å²) in [6, 6.07) is 8.71. The van der Waals surface area contributed by atoms with Crippen LogP contribution in [0, 0.1) is 0 Å². The molecule has 1 aromatic heterocycles. The lowest BCUT2D eigenvalue weighted by Crippen LogP contribution is -2.34. The highest BCUT2D eigenvalue weighted by atomic mass is 127. The van der Waals surface area contributed by atoms with Crippen molar-refractivity contribution >= 4 is 59.1 Å². The first-order valence-corrected chi connectivity index (χ1v) is 9.74. The van der Waals surface area contributed by atoms with E-state index < -0.39 is 0 Å². The van der Waals surface area contributed by atoms with Gasteiger partial charge < -0.3 is 15.8 Å². The van der Waals surface area contributed by atoms with Crippen molar-refractivity contribution in [1.82, 2.24) is 10.3 Å². The Morgan fingerprint density at radius 2 is 2.07 bits per heavy atom. The van der Waals surface area contributed by atoms with E-state index in [-0.39, 0.29) is 41.9 Å². The largest absolute Gasteiger partial charge is 0.465 e. The molecule has 0 saturated heterocycles. The molecule has 0 bridgehead atoms. The van der Waals surface area contributed by atoms with E-state index in [1.807, 2.05) is 13.0 Å². The highest BCUT2D eigenvalue weighted by molar-refractivity contribution is 14.0. The van der Waals surface area contributed by atoms with Gasteiger partial charge >= 0.3 is 5.97 Å². The van der Waals surface area contributed by atoms with Gasteiger partial charge in [0, 0.05) is 16.0 Å². The van der Waals surface area contributed by atoms with Gasteiger partial charge in [-0.05, 0) is 49.6 Å². The molecule has 2 aromatic rings. The van der Waals surface area contributed by atoms with Crippen LogP contribution in [0.4, 0.5) is 0 Å². The average molecular weight is 549 g/mol. The second kappa shape index (κ2) is 10.4. The van der Waals surface area contributed by atoms with Crippen LogP contribution in [0.1, 0.15) is 59.0 Å². The number of aliphatic imine (C=N–C) groups is 1. The number of carbonyl (C=O) groups is 1. The van der Waals surface area contributed by atoms with Gasteiger partial charge in [0.05, 0.1) is 36.6 Å². The molecule has 9 heteroatoms. The zero-order valence-electron chi connectivity index (χ0n) is 16.1. The van der Waals surface area contributed by atoms with Crippen molar-refractivity contribution in [2.75, 3.05) is 7.11 Å². The summed E-state index contributed by atoms with van der Waals surface area (Å²) in [4.78, 5) is 20.9. The van der Waals surface area contributed by atoms with E-state index in [9.17, 15) is 4.79 Å². The third kappa shape index (κ3) is 6.20. The number of nitrogens with two attached hydrogens (primary N) is 1. The molecule has 0 aliphatic heterocycles. The molecular formula is C20H23Cl2IN4O2. The van der Waals surface area contributed by atoms with E-state index in [2.05, 4.69) is 15.3 Å². The Balaban J connectivity index is 0.00000300. The van der Waals surface area contributed by atoms with E-state index in [4.69, 9.17) is 33.7 Å². The number of hydrogen-bond acceptors (Lipinski definition) is 4. The number of carbonyl (C=O) groups excluding carboxylic acids is 1.